The third-order valence-electron chi connectivity index (χ3n) is 8.70. The molecule has 0 radical (unpaired) electrons. The Morgan fingerprint density at radius 2 is 1.61 bits per heavy atom. The quantitative estimate of drug-likeness (QED) is 0.0362. The standard InChI is InChI=1S/C33H49N9O7/c1-32(2)33(3,4)42(48)30(41(32)47)22-10-14-24(15-11-22)49-20-27(44)37-17-6-18-38-29(46)26(19-21-8-12-23(43)13-9-21)40-28(45)25(34)7-5-16-39-31(35)36/h8-15,25-26,43,47H,5-7,16-20,34H2,1-4H3,(H,37,44)(H,38,46)(H,40,45)(H4,35,36,39)/t25-,26-/m0/s1. The molecule has 16 nitrogen and oxygen atoms in total. The predicted octanol–water partition coefficient (Wildman–Crippen LogP) is 0.0208. The number of carbonyl (C=O) groups excluding carboxylic acids is 3. The Kier molecular flexibility index (Phi) is 13.2. The maximum atomic E-state index is 13.1. The molecule has 0 bridgehead atoms. The molecule has 49 heavy (non-hydrogen) atoms. The third kappa shape index (κ3) is 10.2. The van der Waals surface area contributed by atoms with E-state index in [1.165, 1.54) is 12.1 Å². The Morgan fingerprint density at radius 1 is 0.980 bits per heavy atom. The summed E-state index contributed by atoms with van der Waals surface area (Å²) < 4.78 is 6.36. The number of amidine groups is 1. The van der Waals surface area contributed by atoms with Crippen LogP contribution in [0.1, 0.15) is 58.1 Å². The second-order valence-corrected chi connectivity index (χ2v) is 12.8. The first-order valence-electron chi connectivity index (χ1n) is 16.0. The Balaban J connectivity index is 1.44. The number of hydrogen-bond acceptors (Lipinski definition) is 10. The van der Waals surface area contributed by atoms with E-state index in [4.69, 9.17) is 21.9 Å². The maximum absolute atomic E-state index is 13.1. The molecule has 11 N–H and O–H groups in total. The first-order chi connectivity index (χ1) is 23.0. The third-order valence-corrected chi connectivity index (χ3v) is 8.70. The van der Waals surface area contributed by atoms with Crippen molar-refractivity contribution in [1.82, 2.24) is 21.0 Å². The molecule has 0 aromatic heterocycles. The molecule has 2 aromatic carbocycles. The molecule has 0 unspecified atom stereocenters. The van der Waals surface area contributed by atoms with Crippen molar-refractivity contribution < 1.29 is 34.2 Å². The van der Waals surface area contributed by atoms with Crippen LogP contribution in [0, 0.1) is 5.21 Å². The van der Waals surface area contributed by atoms with Crippen LogP contribution in [-0.4, -0.2) is 99.0 Å². The van der Waals surface area contributed by atoms with Gasteiger partial charge in [0.25, 0.3) is 5.91 Å². The van der Waals surface area contributed by atoms with Gasteiger partial charge >= 0.3 is 5.84 Å². The van der Waals surface area contributed by atoms with Crippen LogP contribution in [0.15, 0.2) is 53.5 Å². The lowest BCUT2D eigenvalue weighted by molar-refractivity contribution is -0.539. The SMILES string of the molecule is CC1(C)N(O)C(c2ccc(OCC(=O)NCCCNC(=O)[C@H](Cc3ccc(O)cc3)NC(=O)[C@@H](N)CCCN=C(N)N)cc2)=[N+]([O-])C1(C)C. The van der Waals surface area contributed by atoms with E-state index < -0.39 is 35.0 Å². The molecule has 3 amide bonds. The van der Waals surface area contributed by atoms with Gasteiger partial charge in [-0.1, -0.05) is 12.1 Å². The van der Waals surface area contributed by atoms with Gasteiger partial charge < -0.3 is 48.2 Å². The molecule has 1 heterocycles. The summed E-state index contributed by atoms with van der Waals surface area (Å²) in [7, 11) is 0. The van der Waals surface area contributed by atoms with Crippen LogP contribution in [-0.2, 0) is 20.8 Å². The van der Waals surface area contributed by atoms with Crippen LogP contribution >= 0.6 is 0 Å². The van der Waals surface area contributed by atoms with Crippen molar-refractivity contribution in [2.24, 2.45) is 22.2 Å². The summed E-state index contributed by atoms with van der Waals surface area (Å²) in [6, 6.07) is 11.0. The highest BCUT2D eigenvalue weighted by Crippen LogP contribution is 2.37. The Morgan fingerprint density at radius 3 is 2.20 bits per heavy atom. The fourth-order valence-electron chi connectivity index (χ4n) is 4.92. The minimum absolute atomic E-state index is 0.0501. The number of amides is 3. The van der Waals surface area contributed by atoms with Crippen LogP contribution in [0.4, 0.5) is 0 Å². The number of nitrogens with zero attached hydrogens (tertiary/aromatic N) is 3. The molecule has 0 saturated carbocycles. The number of phenolic OH excluding ortho intramolecular Hbond substituents is 1. The lowest BCUT2D eigenvalue weighted by atomic mass is 9.84. The number of nitrogens with one attached hydrogen (secondary N) is 3. The smallest absolute Gasteiger partial charge is 0.313 e. The largest absolute Gasteiger partial charge is 0.714 e. The molecular formula is C33H49N9O7. The van der Waals surface area contributed by atoms with Crippen LogP contribution in [0.5, 0.6) is 11.5 Å². The van der Waals surface area contributed by atoms with Crippen LogP contribution in [0.25, 0.3) is 0 Å². The molecule has 268 valence electrons. The van der Waals surface area contributed by atoms with Crippen LogP contribution in [0.2, 0.25) is 0 Å². The van der Waals surface area contributed by atoms with Crippen molar-refractivity contribution in [1.29, 1.82) is 0 Å². The topological polar surface area (TPSA) is 257 Å². The number of rotatable bonds is 17. The molecule has 2 atom stereocenters. The van der Waals surface area contributed by atoms with Crippen molar-refractivity contribution in [3.05, 3.63) is 64.9 Å². The van der Waals surface area contributed by atoms with Gasteiger partial charge in [0.2, 0.25) is 11.8 Å². The molecule has 0 aliphatic carbocycles. The van der Waals surface area contributed by atoms with Gasteiger partial charge in [0.15, 0.2) is 18.1 Å². The molecule has 0 spiro atoms. The molecule has 0 fully saturated rings. The van der Waals surface area contributed by atoms with Gasteiger partial charge in [-0.2, -0.15) is 0 Å². The van der Waals surface area contributed by atoms with E-state index in [2.05, 4.69) is 20.9 Å². The first-order valence-corrected chi connectivity index (χ1v) is 16.0. The molecule has 0 saturated heterocycles. The number of hydroxylamine groups is 3. The van der Waals surface area contributed by atoms with Gasteiger partial charge in [-0.3, -0.25) is 24.1 Å². The number of nitrogens with two attached hydrogens (primary N) is 3. The average Bonchev–Trinajstić information content (AvgIpc) is 3.17. The van der Waals surface area contributed by atoms with E-state index in [1.54, 1.807) is 64.1 Å². The predicted molar refractivity (Wildman–Crippen MR) is 184 cm³/mol. The highest BCUT2D eigenvalue weighted by Gasteiger charge is 2.58. The first kappa shape index (κ1) is 38.4. The number of guanidine groups is 1. The second-order valence-electron chi connectivity index (χ2n) is 12.8. The number of carbonyl (C=O) groups is 3. The average molecular weight is 684 g/mol. The van der Waals surface area contributed by atoms with Crippen molar-refractivity contribution in [3.63, 3.8) is 0 Å². The molecule has 2 aromatic rings. The Hall–Kier alpha value is -5.09. The number of aromatic hydroxyl groups is 1. The Labute approximate surface area is 285 Å². The second kappa shape index (κ2) is 16.8. The zero-order valence-electron chi connectivity index (χ0n) is 28.4. The van der Waals surface area contributed by atoms with Gasteiger partial charge in [0.1, 0.15) is 23.1 Å². The van der Waals surface area contributed by atoms with Crippen molar-refractivity contribution >= 4 is 29.5 Å². The van der Waals surface area contributed by atoms with E-state index in [1.807, 2.05) is 0 Å². The van der Waals surface area contributed by atoms with E-state index in [0.717, 1.165) is 15.4 Å². The summed E-state index contributed by atoms with van der Waals surface area (Å²) in [6.07, 6.45) is 1.36. The van der Waals surface area contributed by atoms with Crippen molar-refractivity contribution in [2.45, 2.75) is 76.5 Å². The van der Waals surface area contributed by atoms with Gasteiger partial charge in [-0.25, -0.2) is 5.21 Å². The summed E-state index contributed by atoms with van der Waals surface area (Å²) in [6.45, 7) is 7.63. The minimum Gasteiger partial charge on any atom is -0.714 e. The van der Waals surface area contributed by atoms with Gasteiger partial charge in [0, 0.05) is 26.1 Å². The minimum atomic E-state index is -0.933. The van der Waals surface area contributed by atoms with Gasteiger partial charge in [-0.15, -0.1) is 5.06 Å². The van der Waals surface area contributed by atoms with Gasteiger partial charge in [0.05, 0.1) is 11.6 Å². The Bertz CT molecular complexity index is 1510. The lowest BCUT2D eigenvalue weighted by Crippen LogP contribution is -2.53. The lowest BCUT2D eigenvalue weighted by Gasteiger charge is -2.33. The highest BCUT2D eigenvalue weighted by atomic mass is 16.5. The molecular weight excluding hydrogens is 634 g/mol. The number of benzene rings is 2. The summed E-state index contributed by atoms with van der Waals surface area (Å²) >= 11 is 0. The number of aliphatic imine (C=N–C) groups is 1. The fourth-order valence-corrected chi connectivity index (χ4v) is 4.92. The van der Waals surface area contributed by atoms with E-state index in [9.17, 15) is 29.9 Å². The normalized spacial score (nSPS) is 16.0. The summed E-state index contributed by atoms with van der Waals surface area (Å²) in [5.41, 5.74) is 16.2. The summed E-state index contributed by atoms with van der Waals surface area (Å²) in [4.78, 5) is 42.1. The molecule has 16 heteroatoms. The highest BCUT2D eigenvalue weighted by molar-refractivity contribution is 5.96. The zero-order chi connectivity index (χ0) is 36.4. The van der Waals surface area contributed by atoms with E-state index in [-0.39, 0.29) is 49.6 Å². The summed E-state index contributed by atoms with van der Waals surface area (Å²) in [5, 5.41) is 42.4. The molecule has 1 aliphatic heterocycles. The number of hydrogen-bond donors (Lipinski definition) is 8. The van der Waals surface area contributed by atoms with Crippen LogP contribution in [0.3, 0.4) is 0 Å². The maximum Gasteiger partial charge on any atom is 0.313 e. The number of ether oxygens (including phenoxy) is 1. The summed E-state index contributed by atoms with van der Waals surface area (Å²) in [5.74, 6) is -0.753. The van der Waals surface area contributed by atoms with Crippen molar-refractivity contribution in [2.75, 3.05) is 26.2 Å². The monoisotopic (exact) mass is 683 g/mol. The van der Waals surface area contributed by atoms with E-state index in [0.29, 0.717) is 37.1 Å². The molecule has 3 rings (SSSR count). The zero-order valence-corrected chi connectivity index (χ0v) is 28.4. The number of phenols is 1. The van der Waals surface area contributed by atoms with Crippen LogP contribution < -0.4 is 37.9 Å². The molecule has 1 aliphatic rings. The fraction of sp³-hybridized carbons (Fsp3) is 0.485. The van der Waals surface area contributed by atoms with Gasteiger partial charge in [-0.05, 0) is 88.9 Å². The van der Waals surface area contributed by atoms with E-state index >= 15 is 0 Å². The van der Waals surface area contributed by atoms with Crippen molar-refractivity contribution in [3.8, 4) is 11.5 Å².